The molecule has 4 N–H and O–H groups in total. The molecule has 0 spiro atoms. The van der Waals surface area contributed by atoms with Crippen molar-refractivity contribution in [2.24, 2.45) is 45.3 Å². The summed E-state index contributed by atoms with van der Waals surface area (Å²) >= 11 is 0. The molecule has 36 heavy (non-hydrogen) atoms. The van der Waals surface area contributed by atoms with Crippen LogP contribution in [0.1, 0.15) is 86.5 Å². The molecule has 2 fully saturated rings. The average molecular weight is 501 g/mol. The number of carboxylic acids is 1. The number of allylic oxidation sites excluding steroid dienone is 5. The molecule has 5 heteroatoms. The summed E-state index contributed by atoms with van der Waals surface area (Å²) < 4.78 is 0. The summed E-state index contributed by atoms with van der Waals surface area (Å²) in [6.07, 6.45) is 8.19. The van der Waals surface area contributed by atoms with Gasteiger partial charge in [0.05, 0.1) is 24.7 Å². The molecule has 0 heterocycles. The van der Waals surface area contributed by atoms with Crippen LogP contribution in [0.25, 0.3) is 0 Å². The Balaban J connectivity index is 1.73. The monoisotopic (exact) mass is 500 g/mol. The molecule has 0 unspecified atom stereocenters. The lowest BCUT2D eigenvalue weighted by Crippen LogP contribution is -2.57. The summed E-state index contributed by atoms with van der Waals surface area (Å²) in [5.74, 6) is -1.32. The first-order valence-corrected chi connectivity index (χ1v) is 14.0. The molecule has 4 aliphatic rings. The SMILES string of the molecule is C=C(CC[C@@H](C(=O)O)[C@H]1[C@H](O)C[C@@]2(C)C3=CC[C@H]4[C@@](C)(CO)[C@@H](O)CC[C@]4(C)C3=CC[C@]12C)C(C)C. The zero-order valence-corrected chi connectivity index (χ0v) is 23.2. The van der Waals surface area contributed by atoms with Crippen LogP contribution in [-0.4, -0.2) is 45.2 Å². The van der Waals surface area contributed by atoms with Crippen molar-refractivity contribution in [3.8, 4) is 0 Å². The largest absolute Gasteiger partial charge is 0.481 e. The molecule has 0 radical (unpaired) electrons. The Morgan fingerprint density at radius 1 is 1.14 bits per heavy atom. The Morgan fingerprint density at radius 3 is 2.39 bits per heavy atom. The molecule has 202 valence electrons. The first kappa shape index (κ1) is 27.6. The zero-order chi connectivity index (χ0) is 26.8. The second-order valence-electron chi connectivity index (χ2n) is 13.7. The third-order valence-electron chi connectivity index (χ3n) is 11.8. The Bertz CT molecular complexity index is 979. The van der Waals surface area contributed by atoms with Crippen LogP contribution in [0.3, 0.4) is 0 Å². The number of rotatable bonds is 7. The van der Waals surface area contributed by atoms with Gasteiger partial charge in [-0.2, -0.15) is 0 Å². The molecular formula is C31H48O5. The van der Waals surface area contributed by atoms with Gasteiger partial charge in [-0.05, 0) is 78.8 Å². The van der Waals surface area contributed by atoms with Crippen LogP contribution in [0.2, 0.25) is 0 Å². The van der Waals surface area contributed by atoms with E-state index in [0.29, 0.717) is 31.6 Å². The van der Waals surface area contributed by atoms with Crippen LogP contribution in [0.4, 0.5) is 0 Å². The van der Waals surface area contributed by atoms with Crippen molar-refractivity contribution in [1.82, 2.24) is 0 Å². The standard InChI is InChI=1S/C31H48O5/c1-18(2)19(3)8-9-20(27(35)36)26-23(33)16-31(7)22-10-11-24-28(4,21(22)12-15-30(26,31)6)14-13-25(34)29(24,5)17-32/h10,12,18,20,23-26,32-34H,3,8-9,11,13-17H2,1-2,4-7H3,(H,35,36)/t20-,23-,24-,25+,26+,28-,29-,30-,31+/m1/s1. The van der Waals surface area contributed by atoms with Gasteiger partial charge in [0.15, 0.2) is 0 Å². The van der Waals surface area contributed by atoms with Gasteiger partial charge in [-0.25, -0.2) is 0 Å². The van der Waals surface area contributed by atoms with Crippen LogP contribution in [0.5, 0.6) is 0 Å². The van der Waals surface area contributed by atoms with E-state index in [9.17, 15) is 25.2 Å². The van der Waals surface area contributed by atoms with E-state index in [1.807, 2.05) is 6.92 Å². The number of fused-ring (bicyclic) bond motifs is 5. The molecule has 4 rings (SSSR count). The van der Waals surface area contributed by atoms with Crippen LogP contribution >= 0.6 is 0 Å². The Kier molecular flexibility index (Phi) is 6.97. The molecule has 0 aliphatic heterocycles. The highest BCUT2D eigenvalue weighted by Crippen LogP contribution is 2.71. The van der Waals surface area contributed by atoms with E-state index in [-0.39, 0.29) is 34.7 Å². The predicted molar refractivity (Wildman–Crippen MR) is 142 cm³/mol. The maximum absolute atomic E-state index is 12.6. The van der Waals surface area contributed by atoms with Gasteiger partial charge in [-0.15, -0.1) is 0 Å². The van der Waals surface area contributed by atoms with Crippen molar-refractivity contribution >= 4 is 5.97 Å². The molecule has 2 saturated carbocycles. The summed E-state index contributed by atoms with van der Waals surface area (Å²) in [6, 6.07) is 0. The first-order valence-electron chi connectivity index (χ1n) is 14.0. The number of aliphatic hydroxyl groups excluding tert-OH is 3. The fourth-order valence-electron chi connectivity index (χ4n) is 8.95. The molecule has 0 aromatic rings. The smallest absolute Gasteiger partial charge is 0.306 e. The second-order valence-corrected chi connectivity index (χ2v) is 13.7. The van der Waals surface area contributed by atoms with Crippen molar-refractivity contribution in [3.05, 3.63) is 35.5 Å². The van der Waals surface area contributed by atoms with E-state index >= 15 is 0 Å². The van der Waals surface area contributed by atoms with Crippen LogP contribution < -0.4 is 0 Å². The van der Waals surface area contributed by atoms with Crippen molar-refractivity contribution in [3.63, 3.8) is 0 Å². The van der Waals surface area contributed by atoms with Gasteiger partial charge < -0.3 is 20.4 Å². The molecule has 9 atom stereocenters. The van der Waals surface area contributed by atoms with Crippen LogP contribution in [0.15, 0.2) is 35.5 Å². The third kappa shape index (κ3) is 3.71. The fourth-order valence-corrected chi connectivity index (χ4v) is 8.95. The minimum Gasteiger partial charge on any atom is -0.481 e. The maximum atomic E-state index is 12.6. The molecule has 0 aromatic heterocycles. The summed E-state index contributed by atoms with van der Waals surface area (Å²) in [7, 11) is 0. The van der Waals surface area contributed by atoms with Gasteiger partial charge in [0.1, 0.15) is 0 Å². The Morgan fingerprint density at radius 2 is 1.81 bits per heavy atom. The normalized spacial score (nSPS) is 44.7. The summed E-state index contributed by atoms with van der Waals surface area (Å²) in [5.41, 5.74) is 2.22. The number of carboxylic acid groups (broad SMARTS) is 1. The molecule has 0 aromatic carbocycles. The predicted octanol–water partition coefficient (Wildman–Crippen LogP) is 5.51. The quantitative estimate of drug-likeness (QED) is 0.346. The van der Waals surface area contributed by atoms with Gasteiger partial charge in [-0.1, -0.05) is 65.8 Å². The number of hydrogen-bond acceptors (Lipinski definition) is 4. The van der Waals surface area contributed by atoms with Gasteiger partial charge >= 0.3 is 5.97 Å². The minimum atomic E-state index is -0.819. The number of hydrogen-bond donors (Lipinski definition) is 4. The van der Waals surface area contributed by atoms with Gasteiger partial charge in [0, 0.05) is 16.7 Å². The van der Waals surface area contributed by atoms with E-state index in [2.05, 4.69) is 53.3 Å². The molecule has 0 bridgehead atoms. The first-order chi connectivity index (χ1) is 16.7. The Hall–Kier alpha value is -1.43. The van der Waals surface area contributed by atoms with Gasteiger partial charge in [0.2, 0.25) is 0 Å². The van der Waals surface area contributed by atoms with Crippen molar-refractivity contribution in [2.75, 3.05) is 6.61 Å². The van der Waals surface area contributed by atoms with E-state index in [1.165, 1.54) is 11.1 Å². The molecular weight excluding hydrogens is 452 g/mol. The molecule has 4 aliphatic carbocycles. The summed E-state index contributed by atoms with van der Waals surface area (Å²) in [5, 5.41) is 42.9. The van der Waals surface area contributed by atoms with Gasteiger partial charge in [-0.3, -0.25) is 4.79 Å². The zero-order valence-electron chi connectivity index (χ0n) is 23.2. The van der Waals surface area contributed by atoms with Crippen molar-refractivity contribution < 1.29 is 25.2 Å². The van der Waals surface area contributed by atoms with E-state index in [0.717, 1.165) is 24.8 Å². The van der Waals surface area contributed by atoms with Gasteiger partial charge in [0.25, 0.3) is 0 Å². The lowest BCUT2D eigenvalue weighted by atomic mass is 9.44. The summed E-state index contributed by atoms with van der Waals surface area (Å²) in [4.78, 5) is 12.6. The van der Waals surface area contributed by atoms with E-state index in [4.69, 9.17) is 0 Å². The summed E-state index contributed by atoms with van der Waals surface area (Å²) in [6.45, 7) is 17.1. The van der Waals surface area contributed by atoms with Crippen LogP contribution in [-0.2, 0) is 4.79 Å². The highest BCUT2D eigenvalue weighted by molar-refractivity contribution is 5.71. The molecule has 5 nitrogen and oxygen atoms in total. The van der Waals surface area contributed by atoms with E-state index in [1.54, 1.807) is 0 Å². The minimum absolute atomic E-state index is 0.0391. The topological polar surface area (TPSA) is 98.0 Å². The number of carbonyl (C=O) groups is 1. The second kappa shape index (κ2) is 9.10. The van der Waals surface area contributed by atoms with E-state index < -0.39 is 29.5 Å². The molecule has 0 amide bonds. The van der Waals surface area contributed by atoms with Crippen molar-refractivity contribution in [1.29, 1.82) is 0 Å². The van der Waals surface area contributed by atoms with Crippen LogP contribution in [0, 0.1) is 45.3 Å². The third-order valence-corrected chi connectivity index (χ3v) is 11.8. The number of aliphatic hydroxyl groups is 3. The number of aliphatic carboxylic acids is 1. The molecule has 0 saturated heterocycles. The average Bonchev–Trinajstić information content (AvgIpc) is 3.02. The highest BCUT2D eigenvalue weighted by atomic mass is 16.4. The van der Waals surface area contributed by atoms with Crippen molar-refractivity contribution in [2.45, 2.75) is 98.7 Å². The highest BCUT2D eigenvalue weighted by Gasteiger charge is 2.66. The maximum Gasteiger partial charge on any atom is 0.306 e. The lowest BCUT2D eigenvalue weighted by molar-refractivity contribution is -0.148. The Labute approximate surface area is 217 Å². The lowest BCUT2D eigenvalue weighted by Gasteiger charge is -2.61. The fraction of sp³-hybridized carbons (Fsp3) is 0.774.